The molecule has 0 fully saturated rings. The SMILES string of the molecule is O=C(Nc1ccccn1)C1=CN2CCS(=O)(=O)N=C2C=C1. The molecule has 1 N–H and O–H groups in total. The summed E-state index contributed by atoms with van der Waals surface area (Å²) in [6, 6.07) is 5.21. The maximum absolute atomic E-state index is 12.1. The van der Waals surface area contributed by atoms with Crippen LogP contribution in [-0.4, -0.2) is 42.3 Å². The summed E-state index contributed by atoms with van der Waals surface area (Å²) in [5.41, 5.74) is 0.416. The predicted molar refractivity (Wildman–Crippen MR) is 78.0 cm³/mol. The van der Waals surface area contributed by atoms with Gasteiger partial charge in [-0.15, -0.1) is 4.40 Å². The van der Waals surface area contributed by atoms with Gasteiger partial charge in [-0.25, -0.2) is 13.4 Å². The molecule has 0 spiro atoms. The van der Waals surface area contributed by atoms with Gasteiger partial charge in [0, 0.05) is 18.9 Å². The van der Waals surface area contributed by atoms with Crippen molar-refractivity contribution in [3.8, 4) is 0 Å². The van der Waals surface area contributed by atoms with Crippen molar-refractivity contribution in [2.24, 2.45) is 4.40 Å². The third-order valence-corrected chi connectivity index (χ3v) is 4.16. The number of hydrogen-bond donors (Lipinski definition) is 1. The fourth-order valence-corrected chi connectivity index (χ4v) is 2.93. The van der Waals surface area contributed by atoms with E-state index in [0.29, 0.717) is 17.2 Å². The number of amides is 1. The monoisotopic (exact) mass is 304 g/mol. The third kappa shape index (κ3) is 3.00. The van der Waals surface area contributed by atoms with Crippen molar-refractivity contribution in [2.75, 3.05) is 17.6 Å². The summed E-state index contributed by atoms with van der Waals surface area (Å²) >= 11 is 0. The van der Waals surface area contributed by atoms with E-state index in [0.717, 1.165) is 0 Å². The highest BCUT2D eigenvalue weighted by molar-refractivity contribution is 7.90. The van der Waals surface area contributed by atoms with Gasteiger partial charge in [0.15, 0.2) is 0 Å². The molecular weight excluding hydrogens is 292 g/mol. The first-order valence-electron chi connectivity index (χ1n) is 6.25. The molecule has 0 aliphatic carbocycles. The van der Waals surface area contributed by atoms with Crippen molar-refractivity contribution in [1.29, 1.82) is 0 Å². The van der Waals surface area contributed by atoms with Gasteiger partial charge in [0.2, 0.25) is 0 Å². The largest absolute Gasteiger partial charge is 0.330 e. The number of nitrogens with zero attached hydrogens (tertiary/aromatic N) is 3. The van der Waals surface area contributed by atoms with Gasteiger partial charge in [0.25, 0.3) is 15.9 Å². The van der Waals surface area contributed by atoms with E-state index >= 15 is 0 Å². The minimum Gasteiger partial charge on any atom is -0.330 e. The normalized spacial score (nSPS) is 19.3. The van der Waals surface area contributed by atoms with Crippen LogP contribution in [0.5, 0.6) is 0 Å². The van der Waals surface area contributed by atoms with Crippen LogP contribution in [0, 0.1) is 0 Å². The number of carbonyl (C=O) groups is 1. The fourth-order valence-electron chi connectivity index (χ4n) is 1.96. The number of sulfonamides is 1. The number of anilines is 1. The molecule has 0 bridgehead atoms. The van der Waals surface area contributed by atoms with Crippen molar-refractivity contribution in [3.05, 3.63) is 48.3 Å². The lowest BCUT2D eigenvalue weighted by molar-refractivity contribution is -0.112. The van der Waals surface area contributed by atoms with Gasteiger partial charge in [0.1, 0.15) is 11.7 Å². The van der Waals surface area contributed by atoms with Crippen LogP contribution in [0.15, 0.2) is 52.7 Å². The standard InChI is InChI=1S/C13H12N4O3S/c18-13(15-11-3-1-2-6-14-11)10-4-5-12-16-21(19,20)8-7-17(12)9-10/h1-6,9H,7-8H2,(H,14,15,18). The Kier molecular flexibility index (Phi) is 3.30. The van der Waals surface area contributed by atoms with Crippen molar-refractivity contribution in [3.63, 3.8) is 0 Å². The van der Waals surface area contributed by atoms with Crippen LogP contribution in [0.4, 0.5) is 5.82 Å². The van der Waals surface area contributed by atoms with E-state index in [-0.39, 0.29) is 18.2 Å². The average molecular weight is 304 g/mol. The van der Waals surface area contributed by atoms with E-state index in [1.807, 2.05) is 0 Å². The lowest BCUT2D eigenvalue weighted by Crippen LogP contribution is -2.37. The molecule has 0 saturated carbocycles. The number of amidine groups is 1. The van der Waals surface area contributed by atoms with Crippen LogP contribution < -0.4 is 5.32 Å². The van der Waals surface area contributed by atoms with Gasteiger partial charge in [-0.2, -0.15) is 0 Å². The Labute approximate surface area is 121 Å². The third-order valence-electron chi connectivity index (χ3n) is 2.99. The number of rotatable bonds is 2. The highest BCUT2D eigenvalue weighted by Gasteiger charge is 2.24. The fraction of sp³-hybridized carbons (Fsp3) is 0.154. The minimum absolute atomic E-state index is 0.0595. The molecule has 0 radical (unpaired) electrons. The van der Waals surface area contributed by atoms with Gasteiger partial charge >= 0.3 is 0 Å². The molecule has 108 valence electrons. The zero-order valence-electron chi connectivity index (χ0n) is 10.9. The Morgan fingerprint density at radius 3 is 2.90 bits per heavy atom. The second-order valence-corrected chi connectivity index (χ2v) is 6.27. The van der Waals surface area contributed by atoms with Gasteiger partial charge in [-0.05, 0) is 24.3 Å². The molecule has 0 atom stereocenters. The lowest BCUT2D eigenvalue weighted by atomic mass is 10.2. The van der Waals surface area contributed by atoms with Crippen LogP contribution in [0.3, 0.4) is 0 Å². The molecule has 0 saturated heterocycles. The Hall–Kier alpha value is -2.48. The van der Waals surface area contributed by atoms with E-state index in [9.17, 15) is 13.2 Å². The van der Waals surface area contributed by atoms with Gasteiger partial charge in [-0.1, -0.05) is 6.07 Å². The second-order valence-electron chi connectivity index (χ2n) is 4.52. The van der Waals surface area contributed by atoms with E-state index in [4.69, 9.17) is 0 Å². The predicted octanol–water partition coefficient (Wildman–Crippen LogP) is 0.518. The van der Waals surface area contributed by atoms with Crippen molar-refractivity contribution < 1.29 is 13.2 Å². The van der Waals surface area contributed by atoms with E-state index in [1.165, 1.54) is 12.2 Å². The lowest BCUT2D eigenvalue weighted by Gasteiger charge is -2.26. The molecule has 21 heavy (non-hydrogen) atoms. The molecule has 3 heterocycles. The zero-order valence-corrected chi connectivity index (χ0v) is 11.7. The Morgan fingerprint density at radius 1 is 1.29 bits per heavy atom. The molecule has 2 aliphatic rings. The van der Waals surface area contributed by atoms with Crippen molar-refractivity contribution in [2.45, 2.75) is 0 Å². The molecule has 0 unspecified atom stereocenters. The molecule has 8 heteroatoms. The van der Waals surface area contributed by atoms with Gasteiger partial charge in [-0.3, -0.25) is 4.79 Å². The van der Waals surface area contributed by atoms with Gasteiger partial charge in [0.05, 0.1) is 11.3 Å². The van der Waals surface area contributed by atoms with Crippen LogP contribution in [-0.2, 0) is 14.8 Å². The number of nitrogens with one attached hydrogen (secondary N) is 1. The summed E-state index contributed by atoms with van der Waals surface area (Å²) in [6.45, 7) is 0.284. The molecular formula is C13H12N4O3S. The number of fused-ring (bicyclic) bond motifs is 1. The average Bonchev–Trinajstić information content (AvgIpc) is 2.47. The van der Waals surface area contributed by atoms with Gasteiger partial charge < -0.3 is 10.2 Å². The minimum atomic E-state index is -3.38. The summed E-state index contributed by atoms with van der Waals surface area (Å²) in [7, 11) is -3.38. The molecule has 3 rings (SSSR count). The molecule has 0 aromatic carbocycles. The van der Waals surface area contributed by atoms with Crippen LogP contribution in [0.25, 0.3) is 0 Å². The molecule has 1 amide bonds. The van der Waals surface area contributed by atoms with E-state index < -0.39 is 10.0 Å². The summed E-state index contributed by atoms with van der Waals surface area (Å²) in [4.78, 5) is 17.8. The number of hydrogen-bond acceptors (Lipinski definition) is 5. The number of pyridine rings is 1. The van der Waals surface area contributed by atoms with Crippen LogP contribution in [0.2, 0.25) is 0 Å². The van der Waals surface area contributed by atoms with Crippen molar-refractivity contribution >= 4 is 27.6 Å². The highest BCUT2D eigenvalue weighted by Crippen LogP contribution is 2.16. The zero-order chi connectivity index (χ0) is 14.9. The first-order chi connectivity index (χ1) is 10.0. The van der Waals surface area contributed by atoms with E-state index in [1.54, 1.807) is 35.5 Å². The quantitative estimate of drug-likeness (QED) is 0.860. The Morgan fingerprint density at radius 2 is 2.14 bits per heavy atom. The molecule has 2 aliphatic heterocycles. The second kappa shape index (κ2) is 5.13. The maximum atomic E-state index is 12.1. The van der Waals surface area contributed by atoms with E-state index in [2.05, 4.69) is 14.7 Å². The molecule has 7 nitrogen and oxygen atoms in total. The summed E-state index contributed by atoms with van der Waals surface area (Å²) in [6.07, 6.45) is 6.23. The Bertz CT molecular complexity index is 766. The topological polar surface area (TPSA) is 91.7 Å². The first kappa shape index (κ1) is 13.5. The summed E-state index contributed by atoms with van der Waals surface area (Å²) in [5, 5.41) is 2.67. The maximum Gasteiger partial charge on any atom is 0.258 e. The summed E-state index contributed by atoms with van der Waals surface area (Å²) in [5.74, 6) is 0.418. The summed E-state index contributed by atoms with van der Waals surface area (Å²) < 4.78 is 26.5. The molecule has 1 aromatic heterocycles. The number of aromatic nitrogens is 1. The smallest absolute Gasteiger partial charge is 0.258 e. The first-order valence-corrected chi connectivity index (χ1v) is 7.86. The van der Waals surface area contributed by atoms with Crippen molar-refractivity contribution in [1.82, 2.24) is 9.88 Å². The number of carbonyl (C=O) groups excluding carboxylic acids is 1. The Balaban J connectivity index is 1.78. The highest BCUT2D eigenvalue weighted by atomic mass is 32.2. The molecule has 1 aromatic rings. The van der Waals surface area contributed by atoms with Crippen LogP contribution >= 0.6 is 0 Å². The van der Waals surface area contributed by atoms with Crippen LogP contribution in [0.1, 0.15) is 0 Å².